The summed E-state index contributed by atoms with van der Waals surface area (Å²) in [6.45, 7) is 1.88. The number of piperazine rings is 1. The van der Waals surface area contributed by atoms with Crippen molar-refractivity contribution in [1.82, 2.24) is 9.80 Å². The van der Waals surface area contributed by atoms with Crippen molar-refractivity contribution in [3.05, 3.63) is 65.1 Å². The van der Waals surface area contributed by atoms with E-state index in [1.54, 1.807) is 41.2 Å². The Balaban J connectivity index is 1.60. The third-order valence-electron chi connectivity index (χ3n) is 4.24. The van der Waals surface area contributed by atoms with E-state index < -0.39 is 0 Å². The van der Waals surface area contributed by atoms with Crippen LogP contribution in [0.2, 0.25) is 0 Å². The molecule has 0 aliphatic carbocycles. The molecule has 1 saturated heterocycles. The normalized spacial score (nSPS) is 14.3. The molecular formula is C18H19N3O4. The molecule has 0 atom stereocenters. The first-order valence-electron chi connectivity index (χ1n) is 8.00. The second kappa shape index (κ2) is 7.21. The highest BCUT2D eigenvalue weighted by Crippen LogP contribution is 2.15. The lowest BCUT2D eigenvalue weighted by Gasteiger charge is -2.34. The van der Waals surface area contributed by atoms with Gasteiger partial charge in [-0.3, -0.25) is 9.59 Å². The number of ether oxygens (including phenoxy) is 1. The van der Waals surface area contributed by atoms with Gasteiger partial charge in [-0.15, -0.1) is 0 Å². The molecule has 1 aromatic carbocycles. The molecule has 3 rings (SSSR count). The Morgan fingerprint density at radius 3 is 1.76 bits per heavy atom. The second-order valence-corrected chi connectivity index (χ2v) is 5.76. The van der Waals surface area contributed by atoms with Gasteiger partial charge in [0, 0.05) is 43.9 Å². The lowest BCUT2D eigenvalue weighted by atomic mass is 10.1. The molecule has 0 saturated carbocycles. The van der Waals surface area contributed by atoms with Crippen LogP contribution in [-0.2, 0) is 0 Å². The minimum absolute atomic E-state index is 0.0538. The van der Waals surface area contributed by atoms with Crippen LogP contribution >= 0.6 is 0 Å². The van der Waals surface area contributed by atoms with Crippen LogP contribution in [0.25, 0.3) is 0 Å². The van der Waals surface area contributed by atoms with Crippen molar-refractivity contribution in [2.24, 2.45) is 0 Å². The molecule has 25 heavy (non-hydrogen) atoms. The molecule has 2 amide bonds. The number of aromatic nitrogens is 1. The molecule has 0 unspecified atom stereocenters. The van der Waals surface area contributed by atoms with Crippen LogP contribution in [0.15, 0.2) is 48.8 Å². The van der Waals surface area contributed by atoms with Crippen molar-refractivity contribution >= 4 is 11.8 Å². The Hall–Kier alpha value is -3.09. The Kier molecular flexibility index (Phi) is 4.83. The van der Waals surface area contributed by atoms with E-state index in [2.05, 4.69) is 0 Å². The summed E-state index contributed by atoms with van der Waals surface area (Å²) < 4.78 is 5.74. The fraction of sp³-hybridized carbons (Fsp3) is 0.278. The minimum atomic E-state index is -0.128. The molecule has 0 radical (unpaired) electrons. The third-order valence-corrected chi connectivity index (χ3v) is 4.24. The van der Waals surface area contributed by atoms with Gasteiger partial charge in [0.15, 0.2) is 12.4 Å². The predicted octanol–water partition coefficient (Wildman–Crippen LogP) is 0.927. The number of carbonyl (C=O) groups excluding carboxylic acids is 2. The van der Waals surface area contributed by atoms with Gasteiger partial charge in [-0.1, -0.05) is 0 Å². The molecule has 0 spiro atoms. The molecule has 0 N–H and O–H groups in total. The van der Waals surface area contributed by atoms with E-state index >= 15 is 0 Å². The van der Waals surface area contributed by atoms with Crippen molar-refractivity contribution in [1.29, 1.82) is 0 Å². The van der Waals surface area contributed by atoms with Crippen LogP contribution in [-0.4, -0.2) is 54.9 Å². The van der Waals surface area contributed by atoms with Crippen LogP contribution < -0.4 is 9.47 Å². The first-order chi connectivity index (χ1) is 12.1. The highest BCUT2D eigenvalue weighted by atomic mass is 16.5. The smallest absolute Gasteiger partial charge is 0.254 e. The maximum Gasteiger partial charge on any atom is 0.254 e. The van der Waals surface area contributed by atoms with Crippen molar-refractivity contribution in [3.8, 4) is 5.75 Å². The number of nitrogens with zero attached hydrogens (tertiary/aromatic N) is 3. The summed E-state index contributed by atoms with van der Waals surface area (Å²) in [5, 5.41) is 11.1. The molecule has 1 aliphatic heterocycles. The number of carbonyl (C=O) groups is 2. The number of pyridine rings is 1. The van der Waals surface area contributed by atoms with E-state index in [4.69, 9.17) is 4.74 Å². The van der Waals surface area contributed by atoms with Crippen LogP contribution in [0.3, 0.4) is 0 Å². The van der Waals surface area contributed by atoms with Gasteiger partial charge in [0.1, 0.15) is 5.75 Å². The Morgan fingerprint density at radius 2 is 1.32 bits per heavy atom. The maximum absolute atomic E-state index is 12.5. The molecule has 2 aromatic rings. The lowest BCUT2D eigenvalue weighted by molar-refractivity contribution is -0.605. The number of methoxy groups -OCH3 is 1. The van der Waals surface area contributed by atoms with Crippen LogP contribution in [0, 0.1) is 5.21 Å². The highest BCUT2D eigenvalue weighted by Gasteiger charge is 2.25. The summed E-state index contributed by atoms with van der Waals surface area (Å²) in [6.07, 6.45) is 2.60. The Morgan fingerprint density at radius 1 is 0.880 bits per heavy atom. The molecule has 130 valence electrons. The largest absolute Gasteiger partial charge is 0.619 e. The predicted molar refractivity (Wildman–Crippen MR) is 90.2 cm³/mol. The average Bonchev–Trinajstić information content (AvgIpc) is 2.67. The molecule has 0 bridgehead atoms. The number of hydrogen-bond acceptors (Lipinski definition) is 4. The topological polar surface area (TPSA) is 76.8 Å². The summed E-state index contributed by atoms with van der Waals surface area (Å²) in [6, 6.07) is 9.99. The quantitative estimate of drug-likeness (QED) is 0.615. The van der Waals surface area contributed by atoms with Gasteiger partial charge in [0.25, 0.3) is 11.8 Å². The first-order valence-corrected chi connectivity index (χ1v) is 8.00. The number of amides is 2. The van der Waals surface area contributed by atoms with Gasteiger partial charge in [0.2, 0.25) is 0 Å². The van der Waals surface area contributed by atoms with E-state index in [0.29, 0.717) is 47.8 Å². The fourth-order valence-corrected chi connectivity index (χ4v) is 2.77. The van der Waals surface area contributed by atoms with Crippen molar-refractivity contribution < 1.29 is 19.1 Å². The van der Waals surface area contributed by atoms with Gasteiger partial charge in [0.05, 0.1) is 12.7 Å². The summed E-state index contributed by atoms with van der Waals surface area (Å²) >= 11 is 0. The molecule has 1 aromatic heterocycles. The van der Waals surface area contributed by atoms with E-state index in [1.807, 2.05) is 0 Å². The fourth-order valence-electron chi connectivity index (χ4n) is 2.77. The number of benzene rings is 1. The molecule has 2 heterocycles. The van der Waals surface area contributed by atoms with Crippen LogP contribution in [0.5, 0.6) is 5.75 Å². The maximum atomic E-state index is 12.5. The number of rotatable bonds is 3. The average molecular weight is 341 g/mol. The molecule has 7 nitrogen and oxygen atoms in total. The monoisotopic (exact) mass is 341 g/mol. The van der Waals surface area contributed by atoms with Gasteiger partial charge in [-0.05, 0) is 24.3 Å². The van der Waals surface area contributed by atoms with E-state index in [1.165, 1.54) is 24.5 Å². The summed E-state index contributed by atoms with van der Waals surface area (Å²) in [5.74, 6) is 0.522. The minimum Gasteiger partial charge on any atom is -0.619 e. The molecule has 1 fully saturated rings. The van der Waals surface area contributed by atoms with Crippen molar-refractivity contribution in [3.63, 3.8) is 0 Å². The SMILES string of the molecule is COc1ccc(C(=O)N2CCN(C(=O)c3cc[n+]([O-])cc3)CC2)cc1. The van der Waals surface area contributed by atoms with Gasteiger partial charge >= 0.3 is 0 Å². The van der Waals surface area contributed by atoms with E-state index in [-0.39, 0.29) is 11.8 Å². The van der Waals surface area contributed by atoms with Crippen LogP contribution in [0.1, 0.15) is 20.7 Å². The zero-order valence-electron chi connectivity index (χ0n) is 13.9. The first kappa shape index (κ1) is 16.8. The van der Waals surface area contributed by atoms with Gasteiger partial charge in [-0.2, -0.15) is 4.73 Å². The second-order valence-electron chi connectivity index (χ2n) is 5.76. The summed E-state index contributed by atoms with van der Waals surface area (Å²) in [4.78, 5) is 28.4. The zero-order valence-corrected chi connectivity index (χ0v) is 13.9. The molecule has 7 heteroatoms. The van der Waals surface area contributed by atoms with Crippen LogP contribution in [0.4, 0.5) is 0 Å². The highest BCUT2D eigenvalue weighted by molar-refractivity contribution is 5.96. The molecular weight excluding hydrogens is 322 g/mol. The summed E-state index contributed by atoms with van der Waals surface area (Å²) in [7, 11) is 1.58. The third kappa shape index (κ3) is 3.71. The standard InChI is InChI=1S/C18H19N3O4/c1-25-16-4-2-14(3-5-16)17(22)19-10-12-20(13-11-19)18(23)15-6-8-21(24)9-7-15/h2-9H,10-13H2,1H3. The molecule has 1 aliphatic rings. The Bertz CT molecular complexity index is 751. The van der Waals surface area contributed by atoms with E-state index in [9.17, 15) is 14.8 Å². The van der Waals surface area contributed by atoms with Crippen molar-refractivity contribution in [2.75, 3.05) is 33.3 Å². The lowest BCUT2D eigenvalue weighted by Crippen LogP contribution is -2.50. The van der Waals surface area contributed by atoms with Gasteiger partial charge in [-0.25, -0.2) is 0 Å². The van der Waals surface area contributed by atoms with Gasteiger partial charge < -0.3 is 19.7 Å². The zero-order chi connectivity index (χ0) is 17.8. The van der Waals surface area contributed by atoms with E-state index in [0.717, 1.165) is 0 Å². The Labute approximate surface area is 145 Å². The summed E-state index contributed by atoms with van der Waals surface area (Å²) in [5.41, 5.74) is 1.07. The van der Waals surface area contributed by atoms with Crippen molar-refractivity contribution in [2.45, 2.75) is 0 Å². The number of hydrogen-bond donors (Lipinski definition) is 0.